The fourth-order valence-electron chi connectivity index (χ4n) is 1.95. The minimum Gasteiger partial charge on any atom is -0.494 e. The van der Waals surface area contributed by atoms with Crippen molar-refractivity contribution in [2.24, 2.45) is 0 Å². The van der Waals surface area contributed by atoms with Crippen LogP contribution in [-0.4, -0.2) is 17.1 Å². The summed E-state index contributed by atoms with van der Waals surface area (Å²) in [5, 5.41) is 0. The summed E-state index contributed by atoms with van der Waals surface area (Å²) in [5.41, 5.74) is 1.55. The van der Waals surface area contributed by atoms with Crippen LogP contribution in [0.5, 0.6) is 5.75 Å². The van der Waals surface area contributed by atoms with Crippen LogP contribution in [0.2, 0.25) is 0 Å². The van der Waals surface area contributed by atoms with Crippen molar-refractivity contribution in [2.45, 2.75) is 0 Å². The number of imidazole rings is 1. The molecule has 0 fully saturated rings. The molecule has 0 aliphatic heterocycles. The average Bonchev–Trinajstić information content (AvgIpc) is 2.85. The maximum absolute atomic E-state index is 13.9. The Morgan fingerprint density at radius 2 is 1.84 bits per heavy atom. The largest absolute Gasteiger partial charge is 0.494 e. The number of para-hydroxylation sites is 2. The number of nitrogens with zero attached hydrogens (tertiary/aromatic N) is 1. The molecule has 0 saturated heterocycles. The lowest BCUT2D eigenvalue weighted by Crippen LogP contribution is -1.95. The number of ether oxygens (including phenoxy) is 1. The Balaban J connectivity index is 2.18. The first-order chi connectivity index (χ1) is 9.20. The van der Waals surface area contributed by atoms with Gasteiger partial charge in [-0.05, 0) is 24.3 Å². The SMILES string of the molecule is COc1ccc(-c2nc3ccccc3[nH]2)c(F)c1F. The van der Waals surface area contributed by atoms with Crippen LogP contribution in [-0.2, 0) is 0 Å². The molecule has 3 nitrogen and oxygen atoms in total. The molecule has 1 heterocycles. The minimum absolute atomic E-state index is 0.0782. The molecule has 0 unspecified atom stereocenters. The number of hydrogen-bond acceptors (Lipinski definition) is 2. The monoisotopic (exact) mass is 260 g/mol. The Labute approximate surface area is 107 Å². The van der Waals surface area contributed by atoms with Gasteiger partial charge < -0.3 is 9.72 Å². The Kier molecular flexibility index (Phi) is 2.67. The first-order valence-corrected chi connectivity index (χ1v) is 5.68. The summed E-state index contributed by atoms with van der Waals surface area (Å²) < 4.78 is 32.3. The molecular formula is C14H10F2N2O. The predicted octanol–water partition coefficient (Wildman–Crippen LogP) is 3.52. The summed E-state index contributed by atoms with van der Waals surface area (Å²) >= 11 is 0. The molecule has 0 amide bonds. The van der Waals surface area contributed by atoms with Crippen molar-refractivity contribution in [3.8, 4) is 17.1 Å². The van der Waals surface area contributed by atoms with E-state index in [2.05, 4.69) is 9.97 Å². The van der Waals surface area contributed by atoms with Crippen LogP contribution in [0.3, 0.4) is 0 Å². The molecule has 0 atom stereocenters. The molecule has 0 aliphatic carbocycles. The second-order valence-electron chi connectivity index (χ2n) is 4.05. The fraction of sp³-hybridized carbons (Fsp3) is 0.0714. The van der Waals surface area contributed by atoms with E-state index in [1.807, 2.05) is 18.2 Å². The molecule has 0 aliphatic rings. The summed E-state index contributed by atoms with van der Waals surface area (Å²) in [7, 11) is 1.29. The first kappa shape index (κ1) is 11.6. The van der Waals surface area contributed by atoms with Gasteiger partial charge in [-0.2, -0.15) is 4.39 Å². The van der Waals surface area contributed by atoms with Crippen molar-refractivity contribution < 1.29 is 13.5 Å². The van der Waals surface area contributed by atoms with Crippen molar-refractivity contribution in [1.29, 1.82) is 0 Å². The normalized spacial score (nSPS) is 10.9. The maximum Gasteiger partial charge on any atom is 0.201 e. The molecule has 19 heavy (non-hydrogen) atoms. The molecule has 0 radical (unpaired) electrons. The number of hydrogen-bond donors (Lipinski definition) is 1. The van der Waals surface area contributed by atoms with E-state index < -0.39 is 11.6 Å². The van der Waals surface area contributed by atoms with E-state index in [4.69, 9.17) is 4.74 Å². The number of H-pyrrole nitrogens is 1. The van der Waals surface area contributed by atoms with Gasteiger partial charge in [0.05, 0.1) is 23.7 Å². The third kappa shape index (κ3) is 1.83. The summed E-state index contributed by atoms with van der Waals surface area (Å²) in [6.45, 7) is 0. The van der Waals surface area contributed by atoms with Gasteiger partial charge in [0.2, 0.25) is 5.82 Å². The highest BCUT2D eigenvalue weighted by Gasteiger charge is 2.17. The zero-order valence-corrected chi connectivity index (χ0v) is 10.1. The Bertz CT molecular complexity index is 719. The predicted molar refractivity (Wildman–Crippen MR) is 68.0 cm³/mol. The molecule has 0 spiro atoms. The molecule has 96 valence electrons. The number of methoxy groups -OCH3 is 1. The lowest BCUT2D eigenvalue weighted by Gasteiger charge is -2.05. The van der Waals surface area contributed by atoms with Gasteiger partial charge in [-0.1, -0.05) is 12.1 Å². The highest BCUT2D eigenvalue weighted by Crippen LogP contribution is 2.29. The van der Waals surface area contributed by atoms with Crippen LogP contribution in [0.25, 0.3) is 22.4 Å². The van der Waals surface area contributed by atoms with Gasteiger partial charge in [0.25, 0.3) is 0 Å². The van der Waals surface area contributed by atoms with Gasteiger partial charge in [0.15, 0.2) is 11.6 Å². The third-order valence-electron chi connectivity index (χ3n) is 2.91. The Morgan fingerprint density at radius 3 is 2.58 bits per heavy atom. The van der Waals surface area contributed by atoms with Crippen molar-refractivity contribution in [2.75, 3.05) is 7.11 Å². The fourth-order valence-corrected chi connectivity index (χ4v) is 1.95. The van der Waals surface area contributed by atoms with Gasteiger partial charge in [-0.15, -0.1) is 0 Å². The zero-order chi connectivity index (χ0) is 13.4. The second-order valence-corrected chi connectivity index (χ2v) is 4.05. The van der Waals surface area contributed by atoms with E-state index in [1.165, 1.54) is 19.2 Å². The van der Waals surface area contributed by atoms with Crippen LogP contribution in [0.15, 0.2) is 36.4 Å². The number of aromatic nitrogens is 2. The van der Waals surface area contributed by atoms with Crippen molar-refractivity contribution in [3.63, 3.8) is 0 Å². The molecule has 1 N–H and O–H groups in total. The maximum atomic E-state index is 13.9. The highest BCUT2D eigenvalue weighted by molar-refractivity contribution is 5.79. The molecular weight excluding hydrogens is 250 g/mol. The zero-order valence-electron chi connectivity index (χ0n) is 10.1. The Hall–Kier alpha value is -2.43. The minimum atomic E-state index is -1.01. The van der Waals surface area contributed by atoms with Crippen LogP contribution in [0.4, 0.5) is 8.78 Å². The topological polar surface area (TPSA) is 37.9 Å². The van der Waals surface area contributed by atoms with Gasteiger partial charge >= 0.3 is 0 Å². The van der Waals surface area contributed by atoms with Gasteiger partial charge in [0, 0.05) is 0 Å². The van der Waals surface area contributed by atoms with Crippen LogP contribution < -0.4 is 4.74 Å². The van der Waals surface area contributed by atoms with Crippen LogP contribution in [0, 0.1) is 11.6 Å². The summed E-state index contributed by atoms with van der Waals surface area (Å²) in [4.78, 5) is 7.20. The molecule has 5 heteroatoms. The average molecular weight is 260 g/mol. The molecule has 2 aromatic carbocycles. The number of rotatable bonds is 2. The van der Waals surface area contributed by atoms with Crippen molar-refractivity contribution in [1.82, 2.24) is 9.97 Å². The molecule has 3 rings (SSSR count). The molecule has 0 bridgehead atoms. The van der Waals surface area contributed by atoms with E-state index in [0.29, 0.717) is 11.3 Å². The van der Waals surface area contributed by atoms with Crippen molar-refractivity contribution >= 4 is 11.0 Å². The van der Waals surface area contributed by atoms with E-state index in [0.717, 1.165) is 5.52 Å². The van der Waals surface area contributed by atoms with Gasteiger partial charge in [-0.25, -0.2) is 9.37 Å². The standard InChI is InChI=1S/C14H10F2N2O/c1-19-11-7-6-8(12(15)13(11)16)14-17-9-4-2-3-5-10(9)18-14/h2-7H,1H3,(H,17,18). The quantitative estimate of drug-likeness (QED) is 0.765. The number of halogens is 2. The molecule has 0 saturated carbocycles. The molecule has 3 aromatic rings. The second kappa shape index (κ2) is 4.35. The lowest BCUT2D eigenvalue weighted by atomic mass is 10.2. The third-order valence-corrected chi connectivity index (χ3v) is 2.91. The number of benzene rings is 2. The first-order valence-electron chi connectivity index (χ1n) is 5.68. The van der Waals surface area contributed by atoms with E-state index in [-0.39, 0.29) is 11.3 Å². The number of aromatic amines is 1. The Morgan fingerprint density at radius 1 is 1.05 bits per heavy atom. The van der Waals surface area contributed by atoms with Gasteiger partial charge in [-0.3, -0.25) is 0 Å². The van der Waals surface area contributed by atoms with E-state index in [9.17, 15) is 8.78 Å². The van der Waals surface area contributed by atoms with E-state index >= 15 is 0 Å². The highest BCUT2D eigenvalue weighted by atomic mass is 19.2. The summed E-state index contributed by atoms with van der Waals surface area (Å²) in [5.74, 6) is -1.82. The van der Waals surface area contributed by atoms with Crippen LogP contribution in [0.1, 0.15) is 0 Å². The van der Waals surface area contributed by atoms with Gasteiger partial charge in [0.1, 0.15) is 5.82 Å². The lowest BCUT2D eigenvalue weighted by molar-refractivity contribution is 0.372. The number of fused-ring (bicyclic) bond motifs is 1. The molecule has 1 aromatic heterocycles. The van der Waals surface area contributed by atoms with Crippen molar-refractivity contribution in [3.05, 3.63) is 48.0 Å². The summed E-state index contributed by atoms with van der Waals surface area (Å²) in [6, 6.07) is 10.1. The summed E-state index contributed by atoms with van der Waals surface area (Å²) in [6.07, 6.45) is 0. The number of nitrogens with one attached hydrogen (secondary N) is 1. The smallest absolute Gasteiger partial charge is 0.201 e. The van der Waals surface area contributed by atoms with E-state index in [1.54, 1.807) is 6.07 Å². The van der Waals surface area contributed by atoms with Crippen LogP contribution >= 0.6 is 0 Å².